The molecule has 0 radical (unpaired) electrons. The van der Waals surface area contributed by atoms with Gasteiger partial charge in [0.2, 0.25) is 0 Å². The minimum atomic E-state index is -5.08. The van der Waals surface area contributed by atoms with Crippen LogP contribution in [-0.2, 0) is 33.9 Å². The smallest absolute Gasteiger partial charge is 0.475 e. The first kappa shape index (κ1) is 39.5. The minimum absolute atomic E-state index is 0. The Bertz CT molecular complexity index is 511. The van der Waals surface area contributed by atoms with Crippen LogP contribution >= 0.6 is 0 Å². The second-order valence-corrected chi connectivity index (χ2v) is 6.32. The normalized spacial score (nSPS) is 16.2. The van der Waals surface area contributed by atoms with Gasteiger partial charge in [-0.25, -0.2) is 14.4 Å². The molecule has 206 valence electrons. The van der Waals surface area contributed by atoms with Gasteiger partial charge in [-0.2, -0.15) is 39.5 Å². The summed E-state index contributed by atoms with van der Waals surface area (Å²) in [5.74, 6) is -8.27. The zero-order valence-electron chi connectivity index (χ0n) is 17.9. The van der Waals surface area contributed by atoms with E-state index in [2.05, 4.69) is 35.8 Å². The van der Waals surface area contributed by atoms with Crippen molar-refractivity contribution in [1.82, 2.24) is 14.7 Å². The molecule has 3 N–H and O–H groups in total. The maximum Gasteiger partial charge on any atom is 0.490 e. The van der Waals surface area contributed by atoms with Gasteiger partial charge >= 0.3 is 36.4 Å². The van der Waals surface area contributed by atoms with E-state index in [1.165, 1.54) is 39.3 Å². The predicted octanol–water partition coefficient (Wildman–Crippen LogP) is 1.69. The van der Waals surface area contributed by atoms with E-state index in [4.69, 9.17) is 29.7 Å². The van der Waals surface area contributed by atoms with Crippen LogP contribution in [0.25, 0.3) is 0 Å². The molecule has 0 aliphatic carbocycles. The van der Waals surface area contributed by atoms with Crippen LogP contribution in [0.4, 0.5) is 39.5 Å². The Balaban J connectivity index is -0.000000182. The topological polar surface area (TPSA) is 122 Å². The first-order valence-corrected chi connectivity index (χ1v) is 8.47. The molecule has 1 rings (SSSR count). The molecule has 1 heterocycles. The first-order valence-electron chi connectivity index (χ1n) is 8.47. The van der Waals surface area contributed by atoms with Crippen LogP contribution < -0.4 is 0 Å². The van der Waals surface area contributed by atoms with Crippen molar-refractivity contribution in [3.63, 3.8) is 0 Å². The molecule has 0 bridgehead atoms. The summed E-state index contributed by atoms with van der Waals surface area (Å²) in [6, 6.07) is 0. The maximum absolute atomic E-state index is 10.6. The number of likely N-dealkylation sites (N-methyl/N-ethyl adjacent to an activating group) is 3. The second kappa shape index (κ2) is 17.7. The fraction of sp³-hybridized carbons (Fsp3) is 0.800. The summed E-state index contributed by atoms with van der Waals surface area (Å²) in [6.45, 7) is 7.19. The average molecular weight is 614 g/mol. The molecule has 9 nitrogen and oxygen atoms in total. The van der Waals surface area contributed by atoms with Gasteiger partial charge in [-0.15, -0.1) is 0 Å². The summed E-state index contributed by atoms with van der Waals surface area (Å²) >= 11 is 0. The van der Waals surface area contributed by atoms with Crippen molar-refractivity contribution in [1.29, 1.82) is 0 Å². The molecule has 0 spiro atoms. The summed E-state index contributed by atoms with van der Waals surface area (Å²) in [5, 5.41) is 21.4. The quantitative estimate of drug-likeness (QED) is 0.277. The van der Waals surface area contributed by atoms with Crippen molar-refractivity contribution in [2.24, 2.45) is 0 Å². The minimum Gasteiger partial charge on any atom is -0.475 e. The SMILES string of the molecule is CN1CCN(C)CCN(C)CC1.O=C(O)C(F)(F)F.O=C(O)C(F)(F)F.O=C(O)C(F)(F)F.[Ru]. The Hall–Kier alpha value is -1.72. The summed E-state index contributed by atoms with van der Waals surface area (Å²) in [6.07, 6.45) is -15.3. The van der Waals surface area contributed by atoms with Crippen LogP contribution in [0.2, 0.25) is 0 Å². The number of rotatable bonds is 0. The Kier molecular flexibility index (Phi) is 20.5. The van der Waals surface area contributed by atoms with Gasteiger partial charge in [-0.05, 0) is 21.1 Å². The van der Waals surface area contributed by atoms with E-state index in [0.29, 0.717) is 0 Å². The Morgan fingerprint density at radius 1 is 0.500 bits per heavy atom. The number of carboxylic acid groups (broad SMARTS) is 3. The van der Waals surface area contributed by atoms with Crippen molar-refractivity contribution in [2.45, 2.75) is 18.5 Å². The molecule has 34 heavy (non-hydrogen) atoms. The van der Waals surface area contributed by atoms with Gasteiger partial charge < -0.3 is 30.0 Å². The van der Waals surface area contributed by atoms with Gasteiger partial charge in [0.05, 0.1) is 0 Å². The van der Waals surface area contributed by atoms with Crippen molar-refractivity contribution in [3.05, 3.63) is 0 Å². The molecule has 0 amide bonds. The Labute approximate surface area is 200 Å². The van der Waals surface area contributed by atoms with E-state index < -0.39 is 36.4 Å². The van der Waals surface area contributed by atoms with Gasteiger partial charge in [-0.1, -0.05) is 0 Å². The second-order valence-electron chi connectivity index (χ2n) is 6.32. The van der Waals surface area contributed by atoms with E-state index in [9.17, 15) is 39.5 Å². The van der Waals surface area contributed by atoms with E-state index in [-0.39, 0.29) is 19.5 Å². The summed E-state index contributed by atoms with van der Waals surface area (Å²) in [4.78, 5) is 33.9. The number of carbonyl (C=O) groups is 3. The van der Waals surface area contributed by atoms with Gasteiger partial charge in [0.15, 0.2) is 0 Å². The zero-order valence-corrected chi connectivity index (χ0v) is 19.6. The number of hydrogen-bond acceptors (Lipinski definition) is 6. The van der Waals surface area contributed by atoms with Gasteiger partial charge in [-0.3, -0.25) is 0 Å². The number of aliphatic carboxylic acids is 3. The third-order valence-corrected chi connectivity index (χ3v) is 3.32. The fourth-order valence-corrected chi connectivity index (χ4v) is 1.36. The van der Waals surface area contributed by atoms with Crippen LogP contribution in [0.5, 0.6) is 0 Å². The molecular weight excluding hydrogens is 590 g/mol. The molecule has 1 aliphatic heterocycles. The van der Waals surface area contributed by atoms with E-state index in [1.807, 2.05) is 0 Å². The van der Waals surface area contributed by atoms with E-state index in [0.717, 1.165) is 0 Å². The van der Waals surface area contributed by atoms with E-state index in [1.54, 1.807) is 0 Å². The first-order chi connectivity index (χ1) is 14.5. The number of halogens is 9. The molecule has 1 saturated heterocycles. The fourth-order valence-electron chi connectivity index (χ4n) is 1.36. The van der Waals surface area contributed by atoms with Crippen molar-refractivity contribution in [2.75, 3.05) is 60.4 Å². The van der Waals surface area contributed by atoms with Crippen molar-refractivity contribution >= 4 is 17.9 Å². The van der Waals surface area contributed by atoms with E-state index >= 15 is 0 Å². The van der Waals surface area contributed by atoms with Crippen LogP contribution in [-0.4, -0.2) is 127 Å². The standard InChI is InChI=1S/C9H21N3.3C2HF3O2.Ru/c1-10-4-6-11(2)8-9-12(3)7-5-10;3*3-2(4,5)1(6)7;/h4-9H2,1-3H3;3*(H,6,7);. The number of hydrogen-bond donors (Lipinski definition) is 3. The molecule has 0 aromatic rings. The summed E-state index contributed by atoms with van der Waals surface area (Å²) < 4.78 is 95.2. The molecule has 1 aliphatic rings. The predicted molar refractivity (Wildman–Crippen MR) is 93.6 cm³/mol. The number of carboxylic acids is 3. The van der Waals surface area contributed by atoms with Crippen molar-refractivity contribution in [3.8, 4) is 0 Å². The van der Waals surface area contributed by atoms with Crippen molar-refractivity contribution < 1.29 is 88.7 Å². The third kappa shape index (κ3) is 26.5. The monoisotopic (exact) mass is 615 g/mol. The number of alkyl halides is 9. The van der Waals surface area contributed by atoms with Gasteiger partial charge in [0.1, 0.15) is 0 Å². The van der Waals surface area contributed by atoms with Crippen LogP contribution in [0.3, 0.4) is 0 Å². The van der Waals surface area contributed by atoms with Gasteiger partial charge in [0, 0.05) is 58.7 Å². The van der Waals surface area contributed by atoms with Crippen LogP contribution in [0.1, 0.15) is 0 Å². The molecule has 19 heteroatoms. The Morgan fingerprint density at radius 3 is 0.647 bits per heavy atom. The molecular formula is C15H24F9N3O6Ru. The zero-order chi connectivity index (χ0) is 27.2. The summed E-state index contributed by atoms with van der Waals surface area (Å²) in [7, 11) is 6.60. The van der Waals surface area contributed by atoms with Crippen LogP contribution in [0, 0.1) is 0 Å². The molecule has 0 saturated carbocycles. The van der Waals surface area contributed by atoms with Crippen LogP contribution in [0.15, 0.2) is 0 Å². The van der Waals surface area contributed by atoms with Gasteiger partial charge in [0.25, 0.3) is 0 Å². The molecule has 0 atom stereocenters. The summed E-state index contributed by atoms with van der Waals surface area (Å²) in [5.41, 5.74) is 0. The molecule has 0 aromatic heterocycles. The third-order valence-electron chi connectivity index (χ3n) is 3.32. The Morgan fingerprint density at radius 2 is 0.588 bits per heavy atom. The number of nitrogens with zero attached hydrogens (tertiary/aromatic N) is 3. The largest absolute Gasteiger partial charge is 0.490 e. The molecule has 0 aromatic carbocycles. The maximum atomic E-state index is 10.6. The molecule has 0 unspecified atom stereocenters. The molecule has 1 fully saturated rings. The average Bonchev–Trinajstić information content (AvgIpc) is 2.68.